The zero-order valence-electron chi connectivity index (χ0n) is 13.6. The van der Waals surface area contributed by atoms with E-state index in [4.69, 9.17) is 11.6 Å². The van der Waals surface area contributed by atoms with Crippen LogP contribution >= 0.6 is 11.6 Å². The number of β-amino-alcohol motifs (C(OH)–C–C–N with tert-alkyl or cyclic N) is 1. The maximum absolute atomic E-state index is 10.3. The van der Waals surface area contributed by atoms with Crippen molar-refractivity contribution in [3.63, 3.8) is 0 Å². The van der Waals surface area contributed by atoms with Gasteiger partial charge in [0.15, 0.2) is 0 Å². The van der Waals surface area contributed by atoms with E-state index in [1.54, 1.807) is 12.4 Å². The van der Waals surface area contributed by atoms with Gasteiger partial charge in [-0.15, -0.1) is 0 Å². The first-order chi connectivity index (χ1) is 11.7. The molecule has 6 heteroatoms. The number of nitrogens with one attached hydrogen (secondary N) is 1. The number of anilines is 1. The van der Waals surface area contributed by atoms with Crippen molar-refractivity contribution < 1.29 is 5.11 Å². The quantitative estimate of drug-likeness (QED) is 0.842. The molecular formula is C18H23ClN4O. The van der Waals surface area contributed by atoms with Crippen LogP contribution in [0.3, 0.4) is 0 Å². The van der Waals surface area contributed by atoms with Crippen molar-refractivity contribution in [2.75, 3.05) is 31.5 Å². The van der Waals surface area contributed by atoms with Crippen molar-refractivity contribution >= 4 is 17.5 Å². The first-order valence-electron chi connectivity index (χ1n) is 8.37. The van der Waals surface area contributed by atoms with E-state index in [9.17, 15) is 5.11 Å². The fourth-order valence-corrected chi connectivity index (χ4v) is 3.14. The smallest absolute Gasteiger partial charge is 0.222 e. The molecule has 2 aromatic rings. The summed E-state index contributed by atoms with van der Waals surface area (Å²) < 4.78 is 0. The summed E-state index contributed by atoms with van der Waals surface area (Å²) >= 11 is 5.78. The van der Waals surface area contributed by atoms with E-state index >= 15 is 0 Å². The van der Waals surface area contributed by atoms with Crippen LogP contribution in [0.4, 0.5) is 5.95 Å². The summed E-state index contributed by atoms with van der Waals surface area (Å²) in [4.78, 5) is 10.6. The molecule has 1 unspecified atom stereocenters. The zero-order valence-corrected chi connectivity index (χ0v) is 14.4. The monoisotopic (exact) mass is 346 g/mol. The molecule has 1 aliphatic rings. The van der Waals surface area contributed by atoms with Gasteiger partial charge in [0.25, 0.3) is 0 Å². The van der Waals surface area contributed by atoms with Crippen LogP contribution in [0.1, 0.15) is 24.5 Å². The zero-order chi connectivity index (χ0) is 16.8. The third-order valence-electron chi connectivity index (χ3n) is 4.49. The first kappa shape index (κ1) is 17.1. The standard InChI is InChI=1S/C18H23ClN4O/c19-16-11-21-18(22-12-16)20-10-14-6-8-23(9-7-14)13-17(24)15-4-2-1-3-5-15/h1-5,11-12,14,17,24H,6-10,13H2,(H,20,21,22). The van der Waals surface area contributed by atoms with Gasteiger partial charge in [-0.1, -0.05) is 41.9 Å². The number of halogens is 1. The van der Waals surface area contributed by atoms with Crippen LogP contribution in [0.2, 0.25) is 5.02 Å². The summed E-state index contributed by atoms with van der Waals surface area (Å²) in [5.74, 6) is 1.23. The Morgan fingerprint density at radius 1 is 1.17 bits per heavy atom. The van der Waals surface area contributed by atoms with Crippen LogP contribution in [0, 0.1) is 5.92 Å². The Labute approximate surface area is 147 Å². The number of aromatic nitrogens is 2. The van der Waals surface area contributed by atoms with Crippen molar-refractivity contribution in [2.24, 2.45) is 5.92 Å². The Hall–Kier alpha value is -1.69. The van der Waals surface area contributed by atoms with Crippen LogP contribution < -0.4 is 5.32 Å². The molecule has 128 valence electrons. The van der Waals surface area contributed by atoms with Gasteiger partial charge in [-0.3, -0.25) is 0 Å². The number of nitrogens with zero attached hydrogens (tertiary/aromatic N) is 3. The highest BCUT2D eigenvalue weighted by Gasteiger charge is 2.21. The molecule has 2 heterocycles. The van der Waals surface area contributed by atoms with Crippen LogP contribution in [0.15, 0.2) is 42.7 Å². The van der Waals surface area contributed by atoms with Crippen molar-refractivity contribution in [2.45, 2.75) is 18.9 Å². The molecule has 1 aromatic carbocycles. The topological polar surface area (TPSA) is 61.3 Å². The highest BCUT2D eigenvalue weighted by molar-refractivity contribution is 6.30. The van der Waals surface area contributed by atoms with Gasteiger partial charge in [0.05, 0.1) is 23.5 Å². The lowest BCUT2D eigenvalue weighted by molar-refractivity contribution is 0.0909. The molecule has 24 heavy (non-hydrogen) atoms. The van der Waals surface area contributed by atoms with E-state index in [2.05, 4.69) is 20.2 Å². The number of rotatable bonds is 6. The van der Waals surface area contributed by atoms with E-state index in [1.807, 2.05) is 30.3 Å². The number of hydrogen-bond donors (Lipinski definition) is 2. The maximum Gasteiger partial charge on any atom is 0.222 e. The third-order valence-corrected chi connectivity index (χ3v) is 4.69. The Morgan fingerprint density at radius 3 is 2.50 bits per heavy atom. The van der Waals surface area contributed by atoms with Gasteiger partial charge in [-0.05, 0) is 37.4 Å². The third kappa shape index (κ3) is 4.90. The molecular weight excluding hydrogens is 324 g/mol. The van der Waals surface area contributed by atoms with Crippen LogP contribution in [0.5, 0.6) is 0 Å². The number of likely N-dealkylation sites (tertiary alicyclic amines) is 1. The van der Waals surface area contributed by atoms with E-state index in [0.29, 0.717) is 23.4 Å². The van der Waals surface area contributed by atoms with Crippen molar-refractivity contribution in [3.8, 4) is 0 Å². The van der Waals surface area contributed by atoms with E-state index in [1.165, 1.54) is 0 Å². The molecule has 0 spiro atoms. The van der Waals surface area contributed by atoms with Gasteiger partial charge in [0, 0.05) is 13.1 Å². The lowest BCUT2D eigenvalue weighted by Gasteiger charge is -2.33. The van der Waals surface area contributed by atoms with Crippen molar-refractivity contribution in [1.82, 2.24) is 14.9 Å². The first-order valence-corrected chi connectivity index (χ1v) is 8.75. The maximum atomic E-state index is 10.3. The number of benzene rings is 1. The highest BCUT2D eigenvalue weighted by Crippen LogP contribution is 2.21. The second kappa shape index (κ2) is 8.42. The normalized spacial score (nSPS) is 17.6. The van der Waals surface area contributed by atoms with E-state index in [0.717, 1.165) is 38.0 Å². The summed E-state index contributed by atoms with van der Waals surface area (Å²) in [5, 5.41) is 14.2. The van der Waals surface area contributed by atoms with Gasteiger partial charge in [0.1, 0.15) is 0 Å². The lowest BCUT2D eigenvalue weighted by atomic mass is 9.96. The van der Waals surface area contributed by atoms with E-state index in [-0.39, 0.29) is 0 Å². The molecule has 0 aliphatic carbocycles. The average molecular weight is 347 g/mol. The Kier molecular flexibility index (Phi) is 6.01. The molecule has 1 aliphatic heterocycles. The van der Waals surface area contributed by atoms with Crippen LogP contribution in [0.25, 0.3) is 0 Å². The van der Waals surface area contributed by atoms with Crippen LogP contribution in [-0.2, 0) is 0 Å². The fourth-order valence-electron chi connectivity index (χ4n) is 3.04. The van der Waals surface area contributed by atoms with Gasteiger partial charge in [-0.25, -0.2) is 9.97 Å². The summed E-state index contributed by atoms with van der Waals surface area (Å²) in [7, 11) is 0. The Morgan fingerprint density at radius 2 is 1.83 bits per heavy atom. The summed E-state index contributed by atoms with van der Waals surface area (Å²) in [6.07, 6.45) is 5.02. The van der Waals surface area contributed by atoms with Gasteiger partial charge in [-0.2, -0.15) is 0 Å². The number of hydrogen-bond acceptors (Lipinski definition) is 5. The van der Waals surface area contributed by atoms with E-state index < -0.39 is 6.10 Å². The molecule has 5 nitrogen and oxygen atoms in total. The molecule has 0 saturated carbocycles. The molecule has 0 radical (unpaired) electrons. The molecule has 1 atom stereocenters. The predicted octanol–water partition coefficient (Wildman–Crippen LogP) is 2.99. The van der Waals surface area contributed by atoms with Gasteiger partial charge < -0.3 is 15.3 Å². The molecule has 3 rings (SSSR count). The lowest BCUT2D eigenvalue weighted by Crippen LogP contribution is -2.38. The number of piperidine rings is 1. The van der Waals surface area contributed by atoms with Crippen LogP contribution in [-0.4, -0.2) is 46.2 Å². The summed E-state index contributed by atoms with van der Waals surface area (Å²) in [5.41, 5.74) is 0.987. The summed E-state index contributed by atoms with van der Waals surface area (Å²) in [6, 6.07) is 9.87. The highest BCUT2D eigenvalue weighted by atomic mass is 35.5. The minimum Gasteiger partial charge on any atom is -0.387 e. The summed E-state index contributed by atoms with van der Waals surface area (Å²) in [6.45, 7) is 3.59. The second-order valence-corrected chi connectivity index (χ2v) is 6.71. The minimum atomic E-state index is -0.414. The predicted molar refractivity (Wildman–Crippen MR) is 96.1 cm³/mol. The van der Waals surface area contributed by atoms with Crippen molar-refractivity contribution in [1.29, 1.82) is 0 Å². The van der Waals surface area contributed by atoms with Gasteiger partial charge >= 0.3 is 0 Å². The SMILES string of the molecule is OC(CN1CCC(CNc2ncc(Cl)cn2)CC1)c1ccccc1. The number of aliphatic hydroxyl groups excluding tert-OH is 1. The Bertz CT molecular complexity index is 615. The molecule has 1 fully saturated rings. The number of aliphatic hydroxyl groups is 1. The largest absolute Gasteiger partial charge is 0.387 e. The minimum absolute atomic E-state index is 0.414. The fraction of sp³-hybridized carbons (Fsp3) is 0.444. The van der Waals surface area contributed by atoms with Crippen molar-refractivity contribution in [3.05, 3.63) is 53.3 Å². The Balaban J connectivity index is 1.40. The molecule has 2 N–H and O–H groups in total. The average Bonchev–Trinajstić information content (AvgIpc) is 2.63. The molecule has 1 saturated heterocycles. The van der Waals surface area contributed by atoms with Gasteiger partial charge in [0.2, 0.25) is 5.95 Å². The molecule has 0 amide bonds. The second-order valence-electron chi connectivity index (χ2n) is 6.28. The molecule has 1 aromatic heterocycles. The molecule has 0 bridgehead atoms.